The first-order valence-electron chi connectivity index (χ1n) is 9.31. The molecule has 0 fully saturated rings. The van der Waals surface area contributed by atoms with Crippen LogP contribution in [0.2, 0.25) is 0 Å². The first kappa shape index (κ1) is 17.6. The largest absolute Gasteiger partial charge is 0.465 e. The molecule has 0 saturated heterocycles. The molecule has 0 unspecified atom stereocenters. The molecular formula is C22H17N3O3S. The van der Waals surface area contributed by atoms with Crippen molar-refractivity contribution >= 4 is 50.3 Å². The summed E-state index contributed by atoms with van der Waals surface area (Å²) in [5.74, 6) is -0.287. The Morgan fingerprint density at radius 3 is 2.72 bits per heavy atom. The highest BCUT2D eigenvalue weighted by Gasteiger charge is 2.13. The molecule has 7 heteroatoms. The second kappa shape index (κ2) is 6.86. The summed E-state index contributed by atoms with van der Waals surface area (Å²) in [6.07, 6.45) is 3.77. The smallest absolute Gasteiger partial charge is 0.325 e. The summed E-state index contributed by atoms with van der Waals surface area (Å²) in [6, 6.07) is 15.4. The van der Waals surface area contributed by atoms with Crippen molar-refractivity contribution < 1.29 is 9.53 Å². The third-order valence-corrected chi connectivity index (χ3v) is 5.82. The number of thiazole rings is 1. The Kier molecular flexibility index (Phi) is 4.17. The lowest BCUT2D eigenvalue weighted by Gasteiger charge is -2.04. The Morgan fingerprint density at radius 1 is 1.14 bits per heavy atom. The molecule has 2 aromatic carbocycles. The van der Waals surface area contributed by atoms with E-state index in [1.807, 2.05) is 65.4 Å². The highest BCUT2D eigenvalue weighted by atomic mass is 32.1. The predicted octanol–water partition coefficient (Wildman–Crippen LogP) is 2.97. The van der Waals surface area contributed by atoms with Gasteiger partial charge >= 0.3 is 5.97 Å². The molecular weight excluding hydrogens is 386 g/mol. The van der Waals surface area contributed by atoms with Gasteiger partial charge in [-0.3, -0.25) is 9.59 Å². The Morgan fingerprint density at radius 2 is 1.90 bits per heavy atom. The molecule has 0 aliphatic heterocycles. The number of carbonyl (C=O) groups excluding carboxylic acids is 1. The Bertz CT molecular complexity index is 1490. The lowest BCUT2D eigenvalue weighted by molar-refractivity contribution is -0.143. The summed E-state index contributed by atoms with van der Waals surface area (Å²) in [4.78, 5) is 30.2. The zero-order valence-corrected chi connectivity index (χ0v) is 16.5. The van der Waals surface area contributed by atoms with E-state index in [0.717, 1.165) is 27.5 Å². The molecule has 5 rings (SSSR count). The van der Waals surface area contributed by atoms with Crippen LogP contribution in [-0.4, -0.2) is 26.5 Å². The van der Waals surface area contributed by atoms with E-state index in [0.29, 0.717) is 16.1 Å². The Hall–Kier alpha value is -3.45. The summed E-state index contributed by atoms with van der Waals surface area (Å²) in [5, 5.41) is 0.979. The summed E-state index contributed by atoms with van der Waals surface area (Å²) >= 11 is 1.37. The number of rotatable bonds is 4. The molecule has 0 radical (unpaired) electrons. The maximum absolute atomic E-state index is 13.0. The highest BCUT2D eigenvalue weighted by molar-refractivity contribution is 7.15. The zero-order chi connectivity index (χ0) is 20.0. The van der Waals surface area contributed by atoms with Crippen molar-refractivity contribution in [1.29, 1.82) is 0 Å². The number of hydrogen-bond donors (Lipinski definition) is 0. The summed E-state index contributed by atoms with van der Waals surface area (Å²) < 4.78 is 9.21. The van der Waals surface area contributed by atoms with Gasteiger partial charge in [0.25, 0.3) is 5.56 Å². The second-order valence-electron chi connectivity index (χ2n) is 6.67. The van der Waals surface area contributed by atoms with Crippen LogP contribution in [0.3, 0.4) is 0 Å². The number of aromatic nitrogens is 3. The molecule has 0 aliphatic carbocycles. The first-order valence-corrected chi connectivity index (χ1v) is 10.1. The van der Waals surface area contributed by atoms with Crippen LogP contribution in [0, 0.1) is 0 Å². The van der Waals surface area contributed by atoms with Crippen molar-refractivity contribution in [2.75, 3.05) is 6.61 Å². The average Bonchev–Trinajstić information content (AvgIpc) is 3.34. The van der Waals surface area contributed by atoms with Crippen LogP contribution in [-0.2, 0) is 16.1 Å². The fourth-order valence-corrected chi connectivity index (χ4v) is 4.60. The zero-order valence-electron chi connectivity index (χ0n) is 15.7. The highest BCUT2D eigenvalue weighted by Crippen LogP contribution is 2.22. The second-order valence-corrected chi connectivity index (χ2v) is 7.68. The summed E-state index contributed by atoms with van der Waals surface area (Å²) in [7, 11) is 0. The van der Waals surface area contributed by atoms with E-state index in [1.54, 1.807) is 11.3 Å². The summed E-state index contributed by atoms with van der Waals surface area (Å²) in [6.45, 7) is 2.27. The van der Waals surface area contributed by atoms with Gasteiger partial charge < -0.3 is 9.30 Å². The predicted molar refractivity (Wildman–Crippen MR) is 114 cm³/mol. The van der Waals surface area contributed by atoms with Crippen LogP contribution in [0.5, 0.6) is 0 Å². The lowest BCUT2D eigenvalue weighted by Crippen LogP contribution is -2.22. The molecule has 0 spiro atoms. The topological polar surface area (TPSA) is 65.6 Å². The minimum atomic E-state index is -0.287. The molecule has 0 aliphatic rings. The van der Waals surface area contributed by atoms with Gasteiger partial charge in [-0.15, -0.1) is 0 Å². The molecule has 0 bridgehead atoms. The average molecular weight is 403 g/mol. The van der Waals surface area contributed by atoms with E-state index in [1.165, 1.54) is 11.3 Å². The van der Waals surface area contributed by atoms with Crippen molar-refractivity contribution in [3.05, 3.63) is 75.2 Å². The van der Waals surface area contributed by atoms with Crippen LogP contribution in [0.25, 0.3) is 33.0 Å². The van der Waals surface area contributed by atoms with E-state index < -0.39 is 0 Å². The molecule has 3 aromatic heterocycles. The van der Waals surface area contributed by atoms with Gasteiger partial charge in [-0.05, 0) is 31.2 Å². The van der Waals surface area contributed by atoms with Crippen LogP contribution >= 0.6 is 11.3 Å². The van der Waals surface area contributed by atoms with Gasteiger partial charge in [0.2, 0.25) is 0 Å². The number of ether oxygens (including phenoxy) is 1. The van der Waals surface area contributed by atoms with Gasteiger partial charge in [-0.25, -0.2) is 9.38 Å². The number of fused-ring (bicyclic) bond motifs is 4. The minimum absolute atomic E-state index is 0.0825. The van der Waals surface area contributed by atoms with Gasteiger partial charge in [0.15, 0.2) is 4.96 Å². The van der Waals surface area contributed by atoms with Crippen molar-refractivity contribution in [3.8, 4) is 0 Å². The number of hydrogen-bond acceptors (Lipinski definition) is 5. The molecule has 0 atom stereocenters. The normalized spacial score (nSPS) is 12.4. The SMILES string of the molecule is CCOC(=O)Cn1cc(C=c2sc3nc4ccccc4n3c2=O)c2ccccc21. The fourth-order valence-electron chi connectivity index (χ4n) is 3.62. The minimum Gasteiger partial charge on any atom is -0.465 e. The van der Waals surface area contributed by atoms with E-state index >= 15 is 0 Å². The molecule has 6 nitrogen and oxygen atoms in total. The van der Waals surface area contributed by atoms with Crippen LogP contribution in [0.15, 0.2) is 59.5 Å². The standard InChI is InChI=1S/C22H17N3O3S/c1-2-28-20(26)13-24-12-14(15-7-3-5-9-17(15)24)11-19-21(27)25-18-10-6-4-8-16(18)23-22(25)29-19/h3-12H,2,13H2,1H3. The van der Waals surface area contributed by atoms with Gasteiger partial charge in [0, 0.05) is 22.7 Å². The number of carbonyl (C=O) groups is 1. The fraction of sp³-hybridized carbons (Fsp3) is 0.136. The molecule has 29 heavy (non-hydrogen) atoms. The molecule has 0 amide bonds. The monoisotopic (exact) mass is 403 g/mol. The van der Waals surface area contributed by atoms with E-state index in [2.05, 4.69) is 4.98 Å². The van der Waals surface area contributed by atoms with E-state index in [4.69, 9.17) is 4.74 Å². The number of imidazole rings is 1. The quantitative estimate of drug-likeness (QED) is 0.433. The van der Waals surface area contributed by atoms with Gasteiger partial charge in [-0.2, -0.15) is 0 Å². The maximum Gasteiger partial charge on any atom is 0.325 e. The lowest BCUT2D eigenvalue weighted by atomic mass is 10.2. The van der Waals surface area contributed by atoms with E-state index in [9.17, 15) is 9.59 Å². The molecule has 0 saturated carbocycles. The summed E-state index contributed by atoms with van der Waals surface area (Å²) in [5.41, 5.74) is 3.35. The third kappa shape index (κ3) is 2.91. The Labute approximate surface area is 169 Å². The van der Waals surface area contributed by atoms with Crippen molar-refractivity contribution in [1.82, 2.24) is 14.0 Å². The third-order valence-electron chi connectivity index (χ3n) is 4.86. The van der Waals surface area contributed by atoms with Crippen LogP contribution in [0.1, 0.15) is 12.5 Å². The van der Waals surface area contributed by atoms with Crippen molar-refractivity contribution in [3.63, 3.8) is 0 Å². The van der Waals surface area contributed by atoms with Gasteiger partial charge in [0.05, 0.1) is 22.2 Å². The molecule has 3 heterocycles. The maximum atomic E-state index is 13.0. The van der Waals surface area contributed by atoms with Gasteiger partial charge in [0.1, 0.15) is 6.54 Å². The number of esters is 1. The molecule has 5 aromatic rings. The number of benzene rings is 2. The molecule has 144 valence electrons. The first-order chi connectivity index (χ1) is 14.2. The van der Waals surface area contributed by atoms with E-state index in [-0.39, 0.29) is 18.1 Å². The van der Waals surface area contributed by atoms with Crippen molar-refractivity contribution in [2.24, 2.45) is 0 Å². The number of para-hydroxylation sites is 3. The van der Waals surface area contributed by atoms with Crippen LogP contribution < -0.4 is 10.1 Å². The van der Waals surface area contributed by atoms with Crippen molar-refractivity contribution in [2.45, 2.75) is 13.5 Å². The number of nitrogens with zero attached hydrogens (tertiary/aromatic N) is 3. The molecule has 0 N–H and O–H groups in total. The Balaban J connectivity index is 1.68. The van der Waals surface area contributed by atoms with Crippen LogP contribution in [0.4, 0.5) is 0 Å². The van der Waals surface area contributed by atoms with Gasteiger partial charge in [-0.1, -0.05) is 41.7 Å².